The summed E-state index contributed by atoms with van der Waals surface area (Å²) >= 11 is 0. The summed E-state index contributed by atoms with van der Waals surface area (Å²) in [6, 6.07) is 3.43. The van der Waals surface area contributed by atoms with E-state index in [-0.39, 0.29) is 16.7 Å². The zero-order valence-electron chi connectivity index (χ0n) is 15.4. The molecule has 0 saturated carbocycles. The van der Waals surface area contributed by atoms with Crippen LogP contribution < -0.4 is 5.73 Å². The standard InChI is InChI=1S/C19H33NO2/c1-11(2)16(21)15(20)12-9-13(18(3,4)5)17(22)14(10-12)19(6,7)8/h9-11,15-16,21-22H,20H2,1-8H3/t15-,16+/m0/s1. The molecule has 0 unspecified atom stereocenters. The fourth-order valence-corrected chi connectivity index (χ4v) is 2.60. The van der Waals surface area contributed by atoms with Gasteiger partial charge >= 0.3 is 0 Å². The maximum atomic E-state index is 10.7. The van der Waals surface area contributed by atoms with Crippen LogP contribution in [0.3, 0.4) is 0 Å². The Hall–Kier alpha value is -1.06. The largest absolute Gasteiger partial charge is 0.507 e. The molecule has 0 aliphatic rings. The fourth-order valence-electron chi connectivity index (χ4n) is 2.60. The Kier molecular flexibility index (Phi) is 5.36. The van der Waals surface area contributed by atoms with Crippen molar-refractivity contribution in [3.8, 4) is 5.75 Å². The first kappa shape index (κ1) is 19.0. The normalized spacial score (nSPS) is 16.0. The summed E-state index contributed by atoms with van der Waals surface area (Å²) in [6.07, 6.45) is -0.606. The van der Waals surface area contributed by atoms with Gasteiger partial charge in [-0.3, -0.25) is 0 Å². The van der Waals surface area contributed by atoms with E-state index in [9.17, 15) is 10.2 Å². The van der Waals surface area contributed by atoms with Gasteiger partial charge in [0.1, 0.15) is 5.75 Å². The average molecular weight is 307 g/mol. The molecule has 0 aliphatic carbocycles. The molecule has 1 rings (SSSR count). The van der Waals surface area contributed by atoms with Crippen LogP contribution in [0.15, 0.2) is 12.1 Å². The highest BCUT2D eigenvalue weighted by Gasteiger charge is 2.29. The Morgan fingerprint density at radius 3 is 1.55 bits per heavy atom. The first-order valence-electron chi connectivity index (χ1n) is 8.08. The van der Waals surface area contributed by atoms with E-state index in [1.807, 2.05) is 26.0 Å². The molecule has 0 amide bonds. The van der Waals surface area contributed by atoms with Crippen molar-refractivity contribution in [3.05, 3.63) is 28.8 Å². The molecular weight excluding hydrogens is 274 g/mol. The van der Waals surface area contributed by atoms with Crippen LogP contribution in [0, 0.1) is 5.92 Å². The summed E-state index contributed by atoms with van der Waals surface area (Å²) in [5.41, 5.74) is 8.53. The van der Waals surface area contributed by atoms with Crippen LogP contribution in [-0.4, -0.2) is 16.3 Å². The van der Waals surface area contributed by atoms with Gasteiger partial charge in [0, 0.05) is 0 Å². The summed E-state index contributed by atoms with van der Waals surface area (Å²) in [7, 11) is 0. The van der Waals surface area contributed by atoms with Crippen LogP contribution in [0.4, 0.5) is 0 Å². The maximum Gasteiger partial charge on any atom is 0.123 e. The van der Waals surface area contributed by atoms with Gasteiger partial charge in [0.05, 0.1) is 12.1 Å². The number of hydrogen-bond donors (Lipinski definition) is 3. The van der Waals surface area contributed by atoms with Crippen molar-refractivity contribution in [2.45, 2.75) is 78.4 Å². The Labute approximate surface area is 135 Å². The molecule has 2 atom stereocenters. The van der Waals surface area contributed by atoms with E-state index >= 15 is 0 Å². The van der Waals surface area contributed by atoms with E-state index in [1.54, 1.807) is 0 Å². The lowest BCUT2D eigenvalue weighted by Gasteiger charge is -2.30. The molecule has 0 saturated heterocycles. The average Bonchev–Trinajstić information content (AvgIpc) is 2.34. The third kappa shape index (κ3) is 4.02. The van der Waals surface area contributed by atoms with Gasteiger partial charge in [0.15, 0.2) is 0 Å². The third-order valence-electron chi connectivity index (χ3n) is 4.18. The predicted octanol–water partition coefficient (Wildman–Crippen LogP) is 4.00. The number of rotatable bonds is 3. The molecule has 0 radical (unpaired) electrons. The van der Waals surface area contributed by atoms with Gasteiger partial charge in [0.2, 0.25) is 0 Å². The molecule has 0 aliphatic heterocycles. The topological polar surface area (TPSA) is 66.5 Å². The van der Waals surface area contributed by atoms with Gasteiger partial charge in [-0.25, -0.2) is 0 Å². The summed E-state index contributed by atoms with van der Waals surface area (Å²) < 4.78 is 0. The molecule has 0 aromatic heterocycles. The first-order valence-corrected chi connectivity index (χ1v) is 8.08. The molecule has 3 heteroatoms. The Morgan fingerprint density at radius 1 is 0.909 bits per heavy atom. The molecule has 0 heterocycles. The Bertz CT molecular complexity index is 486. The minimum absolute atomic E-state index is 0.0833. The van der Waals surface area contributed by atoms with E-state index in [0.717, 1.165) is 16.7 Å². The van der Waals surface area contributed by atoms with Crippen LogP contribution >= 0.6 is 0 Å². The number of aliphatic hydroxyl groups excluding tert-OH is 1. The van der Waals surface area contributed by atoms with Crippen molar-refractivity contribution in [2.24, 2.45) is 11.7 Å². The monoisotopic (exact) mass is 307 g/mol. The number of nitrogens with two attached hydrogens (primary N) is 1. The highest BCUT2D eigenvalue weighted by atomic mass is 16.3. The lowest BCUT2D eigenvalue weighted by Crippen LogP contribution is -2.31. The van der Waals surface area contributed by atoms with E-state index < -0.39 is 12.1 Å². The van der Waals surface area contributed by atoms with Crippen molar-refractivity contribution in [3.63, 3.8) is 0 Å². The van der Waals surface area contributed by atoms with Crippen LogP contribution in [0.1, 0.15) is 78.1 Å². The van der Waals surface area contributed by atoms with Crippen LogP contribution in [0.25, 0.3) is 0 Å². The fraction of sp³-hybridized carbons (Fsp3) is 0.684. The summed E-state index contributed by atoms with van der Waals surface area (Å²) in [5.74, 6) is 0.426. The predicted molar refractivity (Wildman–Crippen MR) is 93.3 cm³/mol. The molecule has 1 aromatic carbocycles. The number of aromatic hydroxyl groups is 1. The number of benzene rings is 1. The van der Waals surface area contributed by atoms with Crippen LogP contribution in [-0.2, 0) is 10.8 Å². The summed E-state index contributed by atoms with van der Waals surface area (Å²) in [5, 5.41) is 21.0. The van der Waals surface area contributed by atoms with Gasteiger partial charge in [-0.15, -0.1) is 0 Å². The second-order valence-corrected chi connectivity index (χ2v) is 8.73. The number of phenols is 1. The van der Waals surface area contributed by atoms with Gasteiger partial charge in [0.25, 0.3) is 0 Å². The van der Waals surface area contributed by atoms with Crippen molar-refractivity contribution in [1.29, 1.82) is 0 Å². The molecule has 3 nitrogen and oxygen atoms in total. The molecule has 22 heavy (non-hydrogen) atoms. The lowest BCUT2D eigenvalue weighted by atomic mass is 9.77. The van der Waals surface area contributed by atoms with E-state index in [4.69, 9.17) is 5.73 Å². The molecular formula is C19H33NO2. The Balaban J connectivity index is 3.55. The van der Waals surface area contributed by atoms with E-state index in [1.165, 1.54) is 0 Å². The van der Waals surface area contributed by atoms with Crippen LogP contribution in [0.2, 0.25) is 0 Å². The lowest BCUT2D eigenvalue weighted by molar-refractivity contribution is 0.0978. The zero-order chi connectivity index (χ0) is 17.5. The van der Waals surface area contributed by atoms with Crippen molar-refractivity contribution < 1.29 is 10.2 Å². The van der Waals surface area contributed by atoms with E-state index in [2.05, 4.69) is 41.5 Å². The van der Waals surface area contributed by atoms with Crippen molar-refractivity contribution >= 4 is 0 Å². The van der Waals surface area contributed by atoms with Crippen molar-refractivity contribution in [1.82, 2.24) is 0 Å². The molecule has 126 valence electrons. The second-order valence-electron chi connectivity index (χ2n) is 8.73. The van der Waals surface area contributed by atoms with Gasteiger partial charge in [-0.1, -0.05) is 55.4 Å². The zero-order valence-corrected chi connectivity index (χ0v) is 15.4. The SMILES string of the molecule is CC(C)[C@@H](O)[C@@H](N)c1cc(C(C)(C)C)c(O)c(C(C)(C)C)c1. The minimum atomic E-state index is -0.606. The highest BCUT2D eigenvalue weighted by Crippen LogP contribution is 2.41. The Morgan fingerprint density at radius 2 is 1.27 bits per heavy atom. The highest BCUT2D eigenvalue weighted by molar-refractivity contribution is 5.50. The summed E-state index contributed by atoms with van der Waals surface area (Å²) in [6.45, 7) is 16.3. The second kappa shape index (κ2) is 6.21. The molecule has 0 bridgehead atoms. The molecule has 0 fully saturated rings. The minimum Gasteiger partial charge on any atom is -0.507 e. The van der Waals surface area contributed by atoms with E-state index in [0.29, 0.717) is 5.75 Å². The first-order chi connectivity index (χ1) is 9.76. The molecule has 1 aromatic rings. The molecule has 4 N–H and O–H groups in total. The quantitative estimate of drug-likeness (QED) is 0.790. The number of aliphatic hydroxyl groups is 1. The number of phenolic OH excluding ortho intramolecular Hbond substituents is 1. The van der Waals surface area contributed by atoms with Crippen LogP contribution in [0.5, 0.6) is 5.75 Å². The smallest absolute Gasteiger partial charge is 0.123 e. The summed E-state index contributed by atoms with van der Waals surface area (Å²) in [4.78, 5) is 0. The third-order valence-corrected chi connectivity index (χ3v) is 4.18. The van der Waals surface area contributed by atoms with Crippen molar-refractivity contribution in [2.75, 3.05) is 0 Å². The van der Waals surface area contributed by atoms with Gasteiger partial charge in [-0.05, 0) is 45.6 Å². The maximum absolute atomic E-state index is 10.7. The van der Waals surface area contributed by atoms with Gasteiger partial charge < -0.3 is 15.9 Å². The van der Waals surface area contributed by atoms with Gasteiger partial charge in [-0.2, -0.15) is 0 Å². The number of hydrogen-bond acceptors (Lipinski definition) is 3. The molecule has 0 spiro atoms.